The fraction of sp³-hybridized carbons (Fsp3) is 0.200. The molecule has 0 aliphatic rings. The van der Waals surface area contributed by atoms with E-state index in [0.717, 1.165) is 26.2 Å². The molecule has 4 aromatic rings. The Kier molecular flexibility index (Phi) is 8.65. The van der Waals surface area contributed by atoms with Gasteiger partial charge in [0.2, 0.25) is 0 Å². The van der Waals surface area contributed by atoms with Crippen LogP contribution in [-0.4, -0.2) is 18.3 Å². The maximum Gasteiger partial charge on any atom is 0.190 e. The maximum absolute atomic E-state index is 2.77. The topological polar surface area (TPSA) is 6.48 Å². The van der Waals surface area contributed by atoms with E-state index >= 15 is 0 Å². The zero-order valence-corrected chi connectivity index (χ0v) is 20.7. The van der Waals surface area contributed by atoms with Crippen LogP contribution in [0.1, 0.15) is 29.2 Å². The van der Waals surface area contributed by atoms with Crippen molar-refractivity contribution in [3.05, 3.63) is 144 Å². The molecule has 0 saturated carbocycles. The summed E-state index contributed by atoms with van der Waals surface area (Å²) in [5.74, 6) is 0. The van der Waals surface area contributed by atoms with Gasteiger partial charge in [0, 0.05) is 26.2 Å². The zero-order chi connectivity index (χ0) is 22.7. The van der Waals surface area contributed by atoms with Gasteiger partial charge in [0.15, 0.2) is 9.12 Å². The van der Waals surface area contributed by atoms with Crippen LogP contribution in [-0.2, 0) is 26.2 Å². The molecule has 0 aliphatic heterocycles. The molecule has 0 unspecified atom stereocenters. The molecule has 0 aromatic heterocycles. The van der Waals surface area contributed by atoms with Crippen molar-refractivity contribution in [2.45, 2.75) is 39.1 Å². The first-order valence-electron chi connectivity index (χ1n) is 12.0. The van der Waals surface area contributed by atoms with Gasteiger partial charge in [-0.25, -0.2) is 0 Å². The average molecular weight is 451 g/mol. The van der Waals surface area contributed by atoms with Gasteiger partial charge in [0.05, 0.1) is 0 Å². The molecule has 0 heterocycles. The Morgan fingerprint density at radius 2 is 0.667 bits per heavy atom. The Hall–Kier alpha value is -2.98. The van der Waals surface area contributed by atoms with Crippen LogP contribution in [0.3, 0.4) is 0 Å². The van der Waals surface area contributed by atoms with Crippen molar-refractivity contribution >= 4 is 9.12 Å². The summed E-state index contributed by atoms with van der Waals surface area (Å²) in [6.45, 7) is 6.32. The van der Waals surface area contributed by atoms with Crippen molar-refractivity contribution in [2.75, 3.05) is 0 Å². The third-order valence-corrected chi connectivity index (χ3v) is 9.27. The van der Waals surface area contributed by atoms with Crippen LogP contribution in [0, 0.1) is 0 Å². The van der Waals surface area contributed by atoms with Gasteiger partial charge in [-0.1, -0.05) is 128 Å². The number of hydrogen-bond acceptors (Lipinski definition) is 2. The van der Waals surface area contributed by atoms with Crippen molar-refractivity contribution < 1.29 is 0 Å². The second-order valence-electron chi connectivity index (χ2n) is 8.64. The minimum atomic E-state index is -1.46. The normalized spacial score (nSPS) is 11.4. The zero-order valence-electron chi connectivity index (χ0n) is 19.6. The highest BCUT2D eigenvalue weighted by molar-refractivity contribution is 6.52. The van der Waals surface area contributed by atoms with Crippen LogP contribution >= 0.6 is 0 Å². The van der Waals surface area contributed by atoms with Crippen LogP contribution in [0.25, 0.3) is 0 Å². The van der Waals surface area contributed by atoms with E-state index < -0.39 is 9.12 Å². The fourth-order valence-electron chi connectivity index (χ4n) is 4.55. The minimum absolute atomic E-state index is 0.987. The molecule has 168 valence electrons. The largest absolute Gasteiger partial charge is 0.306 e. The third kappa shape index (κ3) is 7.00. The quantitative estimate of drug-likeness (QED) is 0.237. The van der Waals surface area contributed by atoms with E-state index in [1.54, 1.807) is 0 Å². The Morgan fingerprint density at radius 1 is 0.424 bits per heavy atom. The Bertz CT molecular complexity index is 885. The van der Waals surface area contributed by atoms with Gasteiger partial charge >= 0.3 is 0 Å². The smallest absolute Gasteiger partial charge is 0.190 e. The third-order valence-electron chi connectivity index (χ3n) is 6.12. The van der Waals surface area contributed by atoms with Crippen LogP contribution < -0.4 is 0 Å². The molecule has 3 heteroatoms. The molecule has 0 fully saturated rings. The monoisotopic (exact) mass is 450 g/mol. The summed E-state index contributed by atoms with van der Waals surface area (Å²) >= 11 is 0. The lowest BCUT2D eigenvalue weighted by atomic mass is 10.2. The molecular weight excluding hydrogens is 416 g/mol. The van der Waals surface area contributed by atoms with Crippen LogP contribution in [0.2, 0.25) is 6.04 Å². The lowest BCUT2D eigenvalue weighted by Crippen LogP contribution is -2.51. The van der Waals surface area contributed by atoms with E-state index in [-0.39, 0.29) is 0 Å². The predicted molar refractivity (Wildman–Crippen MR) is 142 cm³/mol. The molecule has 33 heavy (non-hydrogen) atoms. The molecule has 4 aromatic carbocycles. The Balaban J connectivity index is 1.65. The van der Waals surface area contributed by atoms with E-state index in [0.29, 0.717) is 0 Å². The highest BCUT2D eigenvalue weighted by atomic mass is 28.3. The second-order valence-corrected chi connectivity index (χ2v) is 11.9. The molecule has 2 nitrogen and oxygen atoms in total. The van der Waals surface area contributed by atoms with Gasteiger partial charge in [-0.15, -0.1) is 0 Å². The summed E-state index contributed by atoms with van der Waals surface area (Å²) < 4.78 is 5.55. The van der Waals surface area contributed by atoms with Crippen molar-refractivity contribution in [1.29, 1.82) is 0 Å². The molecule has 0 N–H and O–H groups in total. The summed E-state index contributed by atoms with van der Waals surface area (Å²) in [4.78, 5) is 0. The van der Waals surface area contributed by atoms with Gasteiger partial charge in [0.1, 0.15) is 0 Å². The first kappa shape index (κ1) is 23.2. The number of benzene rings is 4. The van der Waals surface area contributed by atoms with Gasteiger partial charge in [-0.3, -0.25) is 0 Å². The Labute approximate surface area is 200 Å². The first-order chi connectivity index (χ1) is 16.3. The minimum Gasteiger partial charge on any atom is -0.306 e. The number of rotatable bonds is 11. The van der Waals surface area contributed by atoms with E-state index in [9.17, 15) is 0 Å². The predicted octanol–water partition coefficient (Wildman–Crippen LogP) is 6.63. The van der Waals surface area contributed by atoms with Crippen LogP contribution in [0.5, 0.6) is 0 Å². The van der Waals surface area contributed by atoms with Crippen molar-refractivity contribution in [2.24, 2.45) is 0 Å². The van der Waals surface area contributed by atoms with Crippen molar-refractivity contribution in [3.63, 3.8) is 0 Å². The van der Waals surface area contributed by atoms with Gasteiger partial charge in [-0.2, -0.15) is 0 Å². The molecule has 4 rings (SSSR count). The summed E-state index contributed by atoms with van der Waals surface area (Å²) in [5, 5.41) is 0. The molecule has 0 saturated heterocycles. The molecule has 0 radical (unpaired) electrons. The van der Waals surface area contributed by atoms with E-state index in [1.807, 2.05) is 0 Å². The van der Waals surface area contributed by atoms with E-state index in [2.05, 4.69) is 137 Å². The summed E-state index contributed by atoms with van der Waals surface area (Å²) in [6.07, 6.45) is 0. The first-order valence-corrected chi connectivity index (χ1v) is 13.8. The highest BCUT2D eigenvalue weighted by Crippen LogP contribution is 2.20. The van der Waals surface area contributed by atoms with E-state index in [1.165, 1.54) is 28.3 Å². The lowest BCUT2D eigenvalue weighted by Gasteiger charge is -2.39. The Morgan fingerprint density at radius 3 is 0.879 bits per heavy atom. The summed E-state index contributed by atoms with van der Waals surface area (Å²) in [5.41, 5.74) is 5.55. The molecule has 0 atom stereocenters. The SMILES string of the molecule is CC[SiH](N(Cc1ccccc1)Cc1ccccc1)N(Cc1ccccc1)Cc1ccccc1. The standard InChI is InChI=1S/C30H34N2Si/c1-2-33(31(23-27-15-7-3-8-16-27)24-28-17-9-4-10-18-28)32(25-29-19-11-5-12-20-29)26-30-21-13-6-14-22-30/h3-22,33H,2,23-26H2,1H3. The van der Waals surface area contributed by atoms with Crippen molar-refractivity contribution in [3.8, 4) is 0 Å². The van der Waals surface area contributed by atoms with Crippen LogP contribution in [0.15, 0.2) is 121 Å². The summed E-state index contributed by atoms with van der Waals surface area (Å²) in [7, 11) is -1.46. The fourth-order valence-corrected chi connectivity index (χ4v) is 7.73. The van der Waals surface area contributed by atoms with Gasteiger partial charge in [-0.05, 0) is 28.3 Å². The lowest BCUT2D eigenvalue weighted by molar-refractivity contribution is 0.321. The summed E-state index contributed by atoms with van der Waals surface area (Å²) in [6, 6.07) is 45.0. The van der Waals surface area contributed by atoms with E-state index in [4.69, 9.17) is 0 Å². The average Bonchev–Trinajstić information content (AvgIpc) is 2.87. The van der Waals surface area contributed by atoms with Gasteiger partial charge < -0.3 is 9.13 Å². The van der Waals surface area contributed by atoms with Crippen molar-refractivity contribution in [1.82, 2.24) is 9.13 Å². The molecule has 0 amide bonds. The number of hydrogen-bond donors (Lipinski definition) is 0. The van der Waals surface area contributed by atoms with Crippen LogP contribution in [0.4, 0.5) is 0 Å². The molecular formula is C30H34N2Si. The maximum atomic E-state index is 2.77. The van der Waals surface area contributed by atoms with Gasteiger partial charge in [0.25, 0.3) is 0 Å². The second kappa shape index (κ2) is 12.3. The highest BCUT2D eigenvalue weighted by Gasteiger charge is 2.27. The molecule has 0 aliphatic carbocycles. The molecule has 0 spiro atoms. The molecule has 0 bridgehead atoms. The number of nitrogens with zero attached hydrogens (tertiary/aromatic N) is 2.